The summed E-state index contributed by atoms with van der Waals surface area (Å²) in [6.45, 7) is 3.33. The third kappa shape index (κ3) is 2.35. The minimum absolute atomic E-state index is 0.761. The fourth-order valence-corrected chi connectivity index (χ4v) is 1.00. The van der Waals surface area contributed by atoms with Crippen LogP contribution in [0, 0.1) is 0 Å². The molecule has 0 heterocycles. The molecule has 1 aliphatic rings. The first kappa shape index (κ1) is 7.07. The van der Waals surface area contributed by atoms with Crippen LogP contribution in [0.4, 0.5) is 0 Å². The highest BCUT2D eigenvalue weighted by Gasteiger charge is 2.16. The zero-order chi connectivity index (χ0) is 6.53. The second-order valence-corrected chi connectivity index (χ2v) is 2.84. The summed E-state index contributed by atoms with van der Waals surface area (Å²) in [6.07, 6.45) is 6.72. The standard InChI is InChI=1S/C8H16N/c1-2-3-7-9-8-5-4-6-8/h8H,2-7H2,1H3. The highest BCUT2D eigenvalue weighted by atomic mass is 14.9. The van der Waals surface area contributed by atoms with E-state index in [4.69, 9.17) is 0 Å². The van der Waals surface area contributed by atoms with Crippen molar-refractivity contribution >= 4 is 0 Å². The fourth-order valence-electron chi connectivity index (χ4n) is 1.00. The second kappa shape index (κ2) is 3.89. The minimum Gasteiger partial charge on any atom is -0.238 e. The van der Waals surface area contributed by atoms with Crippen LogP contribution in [0.3, 0.4) is 0 Å². The first-order chi connectivity index (χ1) is 4.43. The Labute approximate surface area is 57.8 Å². The van der Waals surface area contributed by atoms with Crippen molar-refractivity contribution in [2.45, 2.75) is 45.1 Å². The Balaban J connectivity index is 1.80. The lowest BCUT2D eigenvalue weighted by Gasteiger charge is -2.24. The lowest BCUT2D eigenvalue weighted by molar-refractivity contribution is 0.332. The molecule has 1 radical (unpaired) electrons. The van der Waals surface area contributed by atoms with Crippen LogP contribution in [0.2, 0.25) is 0 Å². The van der Waals surface area contributed by atoms with E-state index < -0.39 is 0 Å². The molecular weight excluding hydrogens is 110 g/mol. The molecule has 53 valence electrons. The van der Waals surface area contributed by atoms with Gasteiger partial charge in [-0.25, -0.2) is 5.32 Å². The molecule has 0 atom stereocenters. The third-order valence-corrected chi connectivity index (χ3v) is 1.97. The summed E-state index contributed by atoms with van der Waals surface area (Å²) in [4.78, 5) is 0. The van der Waals surface area contributed by atoms with E-state index in [0.717, 1.165) is 12.6 Å². The Kier molecular flexibility index (Phi) is 3.05. The molecule has 0 bridgehead atoms. The molecule has 0 aromatic heterocycles. The zero-order valence-corrected chi connectivity index (χ0v) is 6.27. The van der Waals surface area contributed by atoms with Gasteiger partial charge in [-0.15, -0.1) is 0 Å². The molecule has 0 amide bonds. The SMILES string of the molecule is CCCC[N]C1CCC1. The number of hydrogen-bond acceptors (Lipinski definition) is 0. The predicted molar refractivity (Wildman–Crippen MR) is 39.5 cm³/mol. The second-order valence-electron chi connectivity index (χ2n) is 2.84. The minimum atomic E-state index is 0.761. The van der Waals surface area contributed by atoms with Gasteiger partial charge in [-0.1, -0.05) is 19.8 Å². The van der Waals surface area contributed by atoms with Gasteiger partial charge in [0.05, 0.1) is 0 Å². The number of rotatable bonds is 4. The molecule has 1 fully saturated rings. The van der Waals surface area contributed by atoms with Crippen molar-refractivity contribution < 1.29 is 0 Å². The smallest absolute Gasteiger partial charge is 0.0246 e. The summed E-state index contributed by atoms with van der Waals surface area (Å²) in [5, 5.41) is 4.52. The van der Waals surface area contributed by atoms with Crippen LogP contribution >= 0.6 is 0 Å². The van der Waals surface area contributed by atoms with E-state index in [1.54, 1.807) is 0 Å². The summed E-state index contributed by atoms with van der Waals surface area (Å²) in [5.74, 6) is 0. The quantitative estimate of drug-likeness (QED) is 0.511. The molecule has 0 saturated heterocycles. The van der Waals surface area contributed by atoms with Gasteiger partial charge in [-0.2, -0.15) is 0 Å². The van der Waals surface area contributed by atoms with E-state index in [1.165, 1.54) is 32.1 Å². The highest BCUT2D eigenvalue weighted by molar-refractivity contribution is 4.75. The van der Waals surface area contributed by atoms with Crippen molar-refractivity contribution in [3.8, 4) is 0 Å². The van der Waals surface area contributed by atoms with Gasteiger partial charge in [0.2, 0.25) is 0 Å². The molecule has 0 spiro atoms. The predicted octanol–water partition coefficient (Wildman–Crippen LogP) is 1.94. The Morgan fingerprint density at radius 2 is 2.22 bits per heavy atom. The summed E-state index contributed by atoms with van der Waals surface area (Å²) in [7, 11) is 0. The molecule has 0 aromatic rings. The average molecular weight is 126 g/mol. The molecule has 1 rings (SSSR count). The van der Waals surface area contributed by atoms with Crippen LogP contribution in [-0.2, 0) is 0 Å². The van der Waals surface area contributed by atoms with Gasteiger partial charge in [0.15, 0.2) is 0 Å². The lowest BCUT2D eigenvalue weighted by atomic mass is 9.93. The van der Waals surface area contributed by atoms with Crippen LogP contribution in [-0.4, -0.2) is 12.6 Å². The average Bonchev–Trinajstić information content (AvgIpc) is 1.76. The summed E-state index contributed by atoms with van der Waals surface area (Å²) >= 11 is 0. The molecule has 0 aliphatic heterocycles. The summed E-state index contributed by atoms with van der Waals surface area (Å²) in [5.41, 5.74) is 0. The van der Waals surface area contributed by atoms with Crippen molar-refractivity contribution in [2.75, 3.05) is 6.54 Å². The van der Waals surface area contributed by atoms with E-state index in [0.29, 0.717) is 0 Å². The van der Waals surface area contributed by atoms with Crippen molar-refractivity contribution in [3.05, 3.63) is 0 Å². The van der Waals surface area contributed by atoms with E-state index in [2.05, 4.69) is 12.2 Å². The van der Waals surface area contributed by atoms with Crippen molar-refractivity contribution in [3.63, 3.8) is 0 Å². The van der Waals surface area contributed by atoms with Gasteiger partial charge in [-0.3, -0.25) is 0 Å². The normalized spacial score (nSPS) is 19.7. The van der Waals surface area contributed by atoms with Gasteiger partial charge in [0.25, 0.3) is 0 Å². The van der Waals surface area contributed by atoms with Gasteiger partial charge >= 0.3 is 0 Å². The van der Waals surface area contributed by atoms with Gasteiger partial charge in [0.1, 0.15) is 0 Å². The van der Waals surface area contributed by atoms with E-state index in [1.807, 2.05) is 0 Å². The first-order valence-corrected chi connectivity index (χ1v) is 4.10. The van der Waals surface area contributed by atoms with Crippen molar-refractivity contribution in [1.29, 1.82) is 0 Å². The van der Waals surface area contributed by atoms with Crippen LogP contribution in [0.5, 0.6) is 0 Å². The van der Waals surface area contributed by atoms with Crippen molar-refractivity contribution in [2.24, 2.45) is 0 Å². The maximum atomic E-state index is 4.52. The van der Waals surface area contributed by atoms with Crippen LogP contribution < -0.4 is 5.32 Å². The summed E-state index contributed by atoms with van der Waals surface area (Å²) in [6, 6.07) is 0.761. The molecule has 0 N–H and O–H groups in total. The zero-order valence-electron chi connectivity index (χ0n) is 6.27. The number of hydrogen-bond donors (Lipinski definition) is 0. The largest absolute Gasteiger partial charge is 0.238 e. The molecule has 1 heteroatoms. The monoisotopic (exact) mass is 126 g/mol. The van der Waals surface area contributed by atoms with Crippen LogP contribution in [0.25, 0.3) is 0 Å². The first-order valence-electron chi connectivity index (χ1n) is 4.10. The molecule has 0 unspecified atom stereocenters. The van der Waals surface area contributed by atoms with E-state index >= 15 is 0 Å². The maximum Gasteiger partial charge on any atom is 0.0246 e. The van der Waals surface area contributed by atoms with Crippen LogP contribution in [0.15, 0.2) is 0 Å². The number of nitrogens with zero attached hydrogens (tertiary/aromatic N) is 1. The maximum absolute atomic E-state index is 4.52. The highest BCUT2D eigenvalue weighted by Crippen LogP contribution is 2.18. The van der Waals surface area contributed by atoms with E-state index in [9.17, 15) is 0 Å². The fraction of sp³-hybridized carbons (Fsp3) is 1.00. The molecule has 1 nitrogen and oxygen atoms in total. The van der Waals surface area contributed by atoms with Gasteiger partial charge in [-0.05, 0) is 19.3 Å². The molecule has 1 aliphatic carbocycles. The Bertz CT molecular complexity index is 67.0. The number of unbranched alkanes of at least 4 members (excludes halogenated alkanes) is 1. The van der Waals surface area contributed by atoms with Gasteiger partial charge < -0.3 is 0 Å². The van der Waals surface area contributed by atoms with Crippen LogP contribution in [0.1, 0.15) is 39.0 Å². The van der Waals surface area contributed by atoms with Crippen molar-refractivity contribution in [1.82, 2.24) is 5.32 Å². The third-order valence-electron chi connectivity index (χ3n) is 1.97. The molecule has 1 saturated carbocycles. The molecule has 9 heavy (non-hydrogen) atoms. The Morgan fingerprint density at radius 3 is 2.67 bits per heavy atom. The molecule has 0 aromatic carbocycles. The Hall–Kier alpha value is -0.0400. The topological polar surface area (TPSA) is 14.1 Å². The lowest BCUT2D eigenvalue weighted by Crippen LogP contribution is -2.29. The Morgan fingerprint density at radius 1 is 1.44 bits per heavy atom. The van der Waals surface area contributed by atoms with Gasteiger partial charge in [0, 0.05) is 12.6 Å². The summed E-state index contributed by atoms with van der Waals surface area (Å²) < 4.78 is 0. The van der Waals surface area contributed by atoms with E-state index in [-0.39, 0.29) is 0 Å². The molecular formula is C8H16N.